The summed E-state index contributed by atoms with van der Waals surface area (Å²) in [4.78, 5) is 9.34. The minimum atomic E-state index is 0.435. The first-order valence-corrected chi connectivity index (χ1v) is 11.7. The summed E-state index contributed by atoms with van der Waals surface area (Å²) in [6.45, 7) is 2.89. The number of hydrogen-bond donors (Lipinski definition) is 1. The van der Waals surface area contributed by atoms with Gasteiger partial charge in [0.15, 0.2) is 0 Å². The summed E-state index contributed by atoms with van der Waals surface area (Å²) in [5.41, 5.74) is 7.62. The van der Waals surface area contributed by atoms with E-state index in [1.807, 2.05) is 84.9 Å². The van der Waals surface area contributed by atoms with E-state index in [4.69, 9.17) is 4.74 Å². The highest BCUT2D eigenvalue weighted by atomic mass is 79.9. The molecule has 0 aliphatic rings. The normalized spacial score (nSPS) is 11.0. The van der Waals surface area contributed by atoms with Crippen molar-refractivity contribution in [2.24, 2.45) is 5.10 Å². The van der Waals surface area contributed by atoms with Crippen molar-refractivity contribution in [2.75, 3.05) is 12.0 Å². The van der Waals surface area contributed by atoms with E-state index in [-0.39, 0.29) is 0 Å². The fourth-order valence-electron chi connectivity index (χ4n) is 3.17. The molecule has 33 heavy (non-hydrogen) atoms. The maximum atomic E-state index is 5.71. The Bertz CT molecular complexity index is 1190. The molecule has 1 N–H and O–H groups in total. The van der Waals surface area contributed by atoms with Gasteiger partial charge in [0.1, 0.15) is 5.75 Å². The highest BCUT2D eigenvalue weighted by Gasteiger charge is 2.08. The molecular formula is C27H25BrN4O. The second-order valence-electron chi connectivity index (χ2n) is 7.48. The van der Waals surface area contributed by atoms with Gasteiger partial charge < -0.3 is 4.74 Å². The Balaban J connectivity index is 1.54. The van der Waals surface area contributed by atoms with Crippen molar-refractivity contribution in [3.63, 3.8) is 0 Å². The number of anilines is 1. The Hall–Kier alpha value is -3.51. The van der Waals surface area contributed by atoms with E-state index >= 15 is 0 Å². The molecule has 0 saturated heterocycles. The first kappa shape index (κ1) is 22.7. The Morgan fingerprint density at radius 3 is 2.21 bits per heavy atom. The average molecular weight is 501 g/mol. The maximum Gasteiger partial charge on any atom is 0.244 e. The molecule has 0 fully saturated rings. The van der Waals surface area contributed by atoms with Crippen molar-refractivity contribution in [1.82, 2.24) is 9.97 Å². The average Bonchev–Trinajstić information content (AvgIpc) is 2.86. The number of hydrazone groups is 1. The Morgan fingerprint density at radius 2 is 1.55 bits per heavy atom. The highest BCUT2D eigenvalue weighted by Crippen LogP contribution is 2.26. The summed E-state index contributed by atoms with van der Waals surface area (Å²) in [6, 6.07) is 27.9. The predicted octanol–water partition coefficient (Wildman–Crippen LogP) is 7.20. The third-order valence-electron chi connectivity index (χ3n) is 4.96. The van der Waals surface area contributed by atoms with E-state index in [9.17, 15) is 0 Å². The summed E-state index contributed by atoms with van der Waals surface area (Å²) in [7, 11) is 0. The van der Waals surface area contributed by atoms with Crippen LogP contribution in [0.5, 0.6) is 5.75 Å². The summed E-state index contributed by atoms with van der Waals surface area (Å²) < 4.78 is 6.73. The first-order chi connectivity index (χ1) is 16.2. The molecule has 4 rings (SSSR count). The van der Waals surface area contributed by atoms with E-state index in [1.54, 1.807) is 6.21 Å². The lowest BCUT2D eigenvalue weighted by atomic mass is 10.1. The summed E-state index contributed by atoms with van der Waals surface area (Å²) in [5, 5.41) is 4.35. The molecule has 6 heteroatoms. The zero-order valence-electron chi connectivity index (χ0n) is 18.4. The van der Waals surface area contributed by atoms with Gasteiger partial charge >= 0.3 is 0 Å². The fraction of sp³-hybridized carbons (Fsp3) is 0.148. The van der Waals surface area contributed by atoms with Crippen molar-refractivity contribution < 1.29 is 4.74 Å². The van der Waals surface area contributed by atoms with Gasteiger partial charge in [-0.05, 0) is 54.4 Å². The number of halogens is 1. The molecule has 0 amide bonds. The second-order valence-corrected chi connectivity index (χ2v) is 8.39. The number of hydrogen-bond acceptors (Lipinski definition) is 5. The van der Waals surface area contributed by atoms with E-state index in [0.717, 1.165) is 57.7 Å². The zero-order chi connectivity index (χ0) is 22.9. The topological polar surface area (TPSA) is 59.4 Å². The standard InChI is InChI=1S/C27H25BrN4O/c1-2-3-17-33-24-15-9-20(10-16-24)19-29-32-27-30-25(21-7-5-4-6-8-21)18-26(31-27)22-11-13-23(28)14-12-22/h4-16,18-19H,2-3,17H2,1H3,(H,30,31,32)/b29-19-. The van der Waals surface area contributed by atoms with E-state index in [1.165, 1.54) is 0 Å². The lowest BCUT2D eigenvalue weighted by Crippen LogP contribution is -2.00. The van der Waals surface area contributed by atoms with E-state index in [2.05, 4.69) is 43.3 Å². The molecule has 4 aromatic rings. The smallest absolute Gasteiger partial charge is 0.244 e. The lowest BCUT2D eigenvalue weighted by Gasteiger charge is -2.08. The second kappa shape index (κ2) is 11.4. The van der Waals surface area contributed by atoms with Gasteiger partial charge in [0.25, 0.3) is 0 Å². The largest absolute Gasteiger partial charge is 0.494 e. The Labute approximate surface area is 202 Å². The van der Waals surface area contributed by atoms with Crippen molar-refractivity contribution in [3.05, 3.63) is 95.0 Å². The molecule has 0 aliphatic heterocycles. The van der Waals surface area contributed by atoms with Crippen LogP contribution in [0, 0.1) is 0 Å². The molecule has 166 valence electrons. The van der Waals surface area contributed by atoms with Gasteiger partial charge in [-0.3, -0.25) is 0 Å². The number of ether oxygens (including phenoxy) is 1. The molecule has 0 unspecified atom stereocenters. The Kier molecular flexibility index (Phi) is 7.82. The van der Waals surface area contributed by atoms with Crippen LogP contribution in [-0.4, -0.2) is 22.8 Å². The van der Waals surface area contributed by atoms with Gasteiger partial charge in [-0.15, -0.1) is 0 Å². The van der Waals surface area contributed by atoms with Crippen LogP contribution in [0.15, 0.2) is 94.5 Å². The zero-order valence-corrected chi connectivity index (χ0v) is 20.0. The van der Waals surface area contributed by atoms with Gasteiger partial charge in [0.2, 0.25) is 5.95 Å². The summed E-state index contributed by atoms with van der Waals surface area (Å²) >= 11 is 3.49. The number of nitrogens with one attached hydrogen (secondary N) is 1. The van der Waals surface area contributed by atoms with Crippen LogP contribution >= 0.6 is 15.9 Å². The number of unbranched alkanes of at least 4 members (excludes halogenated alkanes) is 1. The van der Waals surface area contributed by atoms with Crippen LogP contribution < -0.4 is 10.2 Å². The fourth-order valence-corrected chi connectivity index (χ4v) is 3.44. The van der Waals surface area contributed by atoms with Crippen LogP contribution in [-0.2, 0) is 0 Å². The first-order valence-electron chi connectivity index (χ1n) is 10.9. The van der Waals surface area contributed by atoms with Gasteiger partial charge in [-0.1, -0.05) is 71.7 Å². The third kappa shape index (κ3) is 6.49. The van der Waals surface area contributed by atoms with Gasteiger partial charge in [0.05, 0.1) is 24.2 Å². The predicted molar refractivity (Wildman–Crippen MR) is 139 cm³/mol. The Morgan fingerprint density at radius 1 is 0.879 bits per heavy atom. The van der Waals surface area contributed by atoms with Crippen molar-refractivity contribution in [1.29, 1.82) is 0 Å². The SMILES string of the molecule is CCCCOc1ccc(/C=N\Nc2nc(-c3ccccc3)cc(-c3ccc(Br)cc3)n2)cc1. The van der Waals surface area contributed by atoms with Crippen LogP contribution in [0.3, 0.4) is 0 Å². The number of benzene rings is 3. The quantitative estimate of drug-likeness (QED) is 0.150. The molecule has 1 heterocycles. The molecule has 3 aromatic carbocycles. The number of nitrogens with zero attached hydrogens (tertiary/aromatic N) is 3. The van der Waals surface area contributed by atoms with Crippen LogP contribution in [0.1, 0.15) is 25.3 Å². The molecule has 1 aromatic heterocycles. The van der Waals surface area contributed by atoms with Gasteiger partial charge in [-0.2, -0.15) is 5.10 Å². The number of aromatic nitrogens is 2. The molecule has 0 aliphatic carbocycles. The molecule has 0 radical (unpaired) electrons. The van der Waals surface area contributed by atoms with E-state index < -0.39 is 0 Å². The molecule has 0 atom stereocenters. The van der Waals surface area contributed by atoms with Crippen LogP contribution in [0.4, 0.5) is 5.95 Å². The van der Waals surface area contributed by atoms with Crippen molar-refractivity contribution >= 4 is 28.1 Å². The highest BCUT2D eigenvalue weighted by molar-refractivity contribution is 9.10. The summed E-state index contributed by atoms with van der Waals surface area (Å²) in [5.74, 6) is 1.30. The molecule has 0 bridgehead atoms. The lowest BCUT2D eigenvalue weighted by molar-refractivity contribution is 0.309. The van der Waals surface area contributed by atoms with Crippen molar-refractivity contribution in [2.45, 2.75) is 19.8 Å². The van der Waals surface area contributed by atoms with Crippen LogP contribution in [0.25, 0.3) is 22.5 Å². The van der Waals surface area contributed by atoms with Crippen molar-refractivity contribution in [3.8, 4) is 28.3 Å². The minimum Gasteiger partial charge on any atom is -0.494 e. The molecular weight excluding hydrogens is 476 g/mol. The molecule has 0 saturated carbocycles. The van der Waals surface area contributed by atoms with Gasteiger partial charge in [0, 0.05) is 15.6 Å². The van der Waals surface area contributed by atoms with Crippen LogP contribution in [0.2, 0.25) is 0 Å². The monoisotopic (exact) mass is 500 g/mol. The molecule has 5 nitrogen and oxygen atoms in total. The summed E-state index contributed by atoms with van der Waals surface area (Å²) in [6.07, 6.45) is 3.92. The van der Waals surface area contributed by atoms with E-state index in [0.29, 0.717) is 5.95 Å². The maximum absolute atomic E-state index is 5.71. The minimum absolute atomic E-state index is 0.435. The molecule has 0 spiro atoms. The number of rotatable bonds is 9. The van der Waals surface area contributed by atoms with Gasteiger partial charge in [-0.25, -0.2) is 15.4 Å². The third-order valence-corrected chi connectivity index (χ3v) is 5.49.